The lowest BCUT2D eigenvalue weighted by atomic mass is 10.0. The van der Waals surface area contributed by atoms with E-state index in [2.05, 4.69) is 0 Å². The summed E-state index contributed by atoms with van der Waals surface area (Å²) in [6, 6.07) is 7.25. The van der Waals surface area contributed by atoms with Crippen LogP contribution in [-0.4, -0.2) is 65.1 Å². The van der Waals surface area contributed by atoms with Crippen molar-refractivity contribution < 1.29 is 18.7 Å². The molecule has 2 heterocycles. The quantitative estimate of drug-likeness (QED) is 0.912. The molecular formula is C17H22F2N2O2. The molecule has 0 saturated carbocycles. The van der Waals surface area contributed by atoms with Gasteiger partial charge >= 0.3 is 0 Å². The van der Waals surface area contributed by atoms with Crippen molar-refractivity contribution in [1.82, 2.24) is 9.80 Å². The minimum Gasteiger partial charge on any atom is -0.395 e. The fourth-order valence-corrected chi connectivity index (χ4v) is 3.50. The van der Waals surface area contributed by atoms with E-state index in [0.717, 1.165) is 11.1 Å². The summed E-state index contributed by atoms with van der Waals surface area (Å²) >= 11 is 0. The number of alkyl halides is 2. The molecule has 6 heteroatoms. The number of amides is 1. The second kappa shape index (κ2) is 6.17. The molecule has 4 nitrogen and oxygen atoms in total. The molecule has 2 saturated heterocycles. The zero-order chi connectivity index (χ0) is 16.6. The van der Waals surface area contributed by atoms with E-state index in [4.69, 9.17) is 0 Å². The van der Waals surface area contributed by atoms with Gasteiger partial charge in [0.05, 0.1) is 19.6 Å². The highest BCUT2D eigenvalue weighted by Crippen LogP contribution is 2.35. The molecule has 0 aromatic heterocycles. The predicted octanol–water partition coefficient (Wildman–Crippen LogP) is 1.45. The van der Waals surface area contributed by atoms with Gasteiger partial charge in [0.2, 0.25) is 5.91 Å². The first-order chi connectivity index (χ1) is 10.9. The summed E-state index contributed by atoms with van der Waals surface area (Å²) in [7, 11) is 0. The average molecular weight is 324 g/mol. The van der Waals surface area contributed by atoms with Gasteiger partial charge < -0.3 is 10.0 Å². The number of aryl methyl sites for hydroxylation is 1. The Bertz CT molecular complexity index is 588. The SMILES string of the molecule is Cc1cccc(CC(=O)N2CC(N3CC(F)(F)C[C@H]3CO)C2)c1. The Morgan fingerprint density at radius 3 is 2.78 bits per heavy atom. The second-order valence-electron chi connectivity index (χ2n) is 6.69. The Balaban J connectivity index is 1.53. The number of rotatable bonds is 4. The van der Waals surface area contributed by atoms with Crippen LogP contribution in [0.3, 0.4) is 0 Å². The second-order valence-corrected chi connectivity index (χ2v) is 6.69. The molecule has 1 aromatic rings. The molecule has 2 aliphatic heterocycles. The number of halogens is 2. The fraction of sp³-hybridized carbons (Fsp3) is 0.588. The van der Waals surface area contributed by atoms with E-state index in [1.54, 1.807) is 9.80 Å². The summed E-state index contributed by atoms with van der Waals surface area (Å²) in [6.45, 7) is 2.34. The summed E-state index contributed by atoms with van der Waals surface area (Å²) in [4.78, 5) is 15.6. The summed E-state index contributed by atoms with van der Waals surface area (Å²) in [5.74, 6) is -2.71. The first-order valence-corrected chi connectivity index (χ1v) is 7.96. The van der Waals surface area contributed by atoms with Crippen molar-refractivity contribution in [3.8, 4) is 0 Å². The van der Waals surface area contributed by atoms with Gasteiger partial charge in [-0.15, -0.1) is 0 Å². The maximum absolute atomic E-state index is 13.5. The Kier molecular flexibility index (Phi) is 4.38. The summed E-state index contributed by atoms with van der Waals surface area (Å²) < 4.78 is 27.0. The molecular weight excluding hydrogens is 302 g/mol. The van der Waals surface area contributed by atoms with Crippen LogP contribution in [0.25, 0.3) is 0 Å². The zero-order valence-corrected chi connectivity index (χ0v) is 13.2. The lowest BCUT2D eigenvalue weighted by molar-refractivity contribution is -0.138. The van der Waals surface area contributed by atoms with E-state index in [1.165, 1.54) is 0 Å². The molecule has 126 valence electrons. The van der Waals surface area contributed by atoms with E-state index in [9.17, 15) is 18.7 Å². The third-order valence-electron chi connectivity index (χ3n) is 4.75. The van der Waals surface area contributed by atoms with Crippen LogP contribution >= 0.6 is 0 Å². The summed E-state index contributed by atoms with van der Waals surface area (Å²) in [6.07, 6.45) is 0.0469. The van der Waals surface area contributed by atoms with Gasteiger partial charge in [-0.05, 0) is 12.5 Å². The first kappa shape index (κ1) is 16.3. The fourth-order valence-electron chi connectivity index (χ4n) is 3.50. The van der Waals surface area contributed by atoms with Gasteiger partial charge in [0, 0.05) is 31.6 Å². The van der Waals surface area contributed by atoms with Crippen LogP contribution in [0.4, 0.5) is 8.78 Å². The molecule has 1 N–H and O–H groups in total. The molecule has 1 atom stereocenters. The van der Waals surface area contributed by atoms with E-state index < -0.39 is 12.0 Å². The van der Waals surface area contributed by atoms with E-state index in [0.29, 0.717) is 19.5 Å². The van der Waals surface area contributed by atoms with Gasteiger partial charge in [0.15, 0.2) is 0 Å². The van der Waals surface area contributed by atoms with Gasteiger partial charge in [-0.3, -0.25) is 9.69 Å². The molecule has 1 amide bonds. The zero-order valence-electron chi connectivity index (χ0n) is 13.2. The minimum atomic E-state index is -2.74. The van der Waals surface area contributed by atoms with Crippen LogP contribution in [0, 0.1) is 6.92 Å². The van der Waals surface area contributed by atoms with Crippen molar-refractivity contribution in [3.05, 3.63) is 35.4 Å². The third kappa shape index (κ3) is 3.53. The van der Waals surface area contributed by atoms with Crippen molar-refractivity contribution >= 4 is 5.91 Å². The van der Waals surface area contributed by atoms with Gasteiger partial charge in [-0.2, -0.15) is 0 Å². The molecule has 2 fully saturated rings. The van der Waals surface area contributed by atoms with Crippen molar-refractivity contribution in [2.24, 2.45) is 0 Å². The molecule has 1 aromatic carbocycles. The first-order valence-electron chi connectivity index (χ1n) is 7.96. The standard InChI is InChI=1S/C17H22F2N2O2/c1-12-3-2-4-13(5-12)6-16(23)20-8-15(9-20)21-11-17(18,19)7-14(21)10-22/h2-5,14-15,22H,6-11H2,1H3/t14-/m0/s1. The van der Waals surface area contributed by atoms with Crippen LogP contribution in [-0.2, 0) is 11.2 Å². The smallest absolute Gasteiger partial charge is 0.262 e. The molecule has 23 heavy (non-hydrogen) atoms. The molecule has 0 unspecified atom stereocenters. The molecule has 3 rings (SSSR count). The van der Waals surface area contributed by atoms with Gasteiger partial charge in [0.1, 0.15) is 0 Å². The van der Waals surface area contributed by atoms with Crippen LogP contribution in [0.2, 0.25) is 0 Å². The van der Waals surface area contributed by atoms with E-state index >= 15 is 0 Å². The van der Waals surface area contributed by atoms with Crippen molar-refractivity contribution in [2.75, 3.05) is 26.2 Å². The number of benzene rings is 1. The molecule has 0 radical (unpaired) electrons. The number of nitrogens with zero attached hydrogens (tertiary/aromatic N) is 2. The molecule has 2 aliphatic rings. The van der Waals surface area contributed by atoms with Gasteiger partial charge in [-0.25, -0.2) is 8.78 Å². The van der Waals surface area contributed by atoms with Gasteiger partial charge in [0.25, 0.3) is 5.92 Å². The van der Waals surface area contributed by atoms with Crippen molar-refractivity contribution in [3.63, 3.8) is 0 Å². The average Bonchev–Trinajstić information content (AvgIpc) is 2.72. The third-order valence-corrected chi connectivity index (χ3v) is 4.75. The van der Waals surface area contributed by atoms with Crippen LogP contribution in [0.1, 0.15) is 17.5 Å². The summed E-state index contributed by atoms with van der Waals surface area (Å²) in [5, 5.41) is 9.28. The highest BCUT2D eigenvalue weighted by Gasteiger charge is 2.49. The lowest BCUT2D eigenvalue weighted by Gasteiger charge is -2.45. The lowest BCUT2D eigenvalue weighted by Crippen LogP contribution is -2.62. The normalized spacial score (nSPS) is 24.7. The van der Waals surface area contributed by atoms with Crippen molar-refractivity contribution in [1.29, 1.82) is 0 Å². The Morgan fingerprint density at radius 2 is 2.13 bits per heavy atom. The number of hydrogen-bond acceptors (Lipinski definition) is 3. The van der Waals surface area contributed by atoms with Crippen LogP contribution < -0.4 is 0 Å². The van der Waals surface area contributed by atoms with Crippen molar-refractivity contribution in [2.45, 2.75) is 37.8 Å². The number of hydrogen-bond donors (Lipinski definition) is 1. The maximum atomic E-state index is 13.5. The van der Waals surface area contributed by atoms with E-state index in [1.807, 2.05) is 31.2 Å². The predicted molar refractivity (Wildman–Crippen MR) is 82.4 cm³/mol. The van der Waals surface area contributed by atoms with Crippen LogP contribution in [0.15, 0.2) is 24.3 Å². The summed E-state index contributed by atoms with van der Waals surface area (Å²) in [5.41, 5.74) is 2.08. The Hall–Kier alpha value is -1.53. The number of carbonyl (C=O) groups excluding carboxylic acids is 1. The number of carbonyl (C=O) groups is 1. The Labute approximate surface area is 134 Å². The van der Waals surface area contributed by atoms with E-state index in [-0.39, 0.29) is 31.5 Å². The topological polar surface area (TPSA) is 43.8 Å². The largest absolute Gasteiger partial charge is 0.395 e. The molecule has 0 aliphatic carbocycles. The molecule has 0 spiro atoms. The Morgan fingerprint density at radius 1 is 1.39 bits per heavy atom. The number of aliphatic hydroxyl groups excluding tert-OH is 1. The highest BCUT2D eigenvalue weighted by molar-refractivity contribution is 5.79. The van der Waals surface area contributed by atoms with Gasteiger partial charge in [-0.1, -0.05) is 29.8 Å². The number of aliphatic hydroxyl groups is 1. The monoisotopic (exact) mass is 324 g/mol. The van der Waals surface area contributed by atoms with Crippen LogP contribution in [0.5, 0.6) is 0 Å². The number of likely N-dealkylation sites (tertiary alicyclic amines) is 2. The molecule has 0 bridgehead atoms. The minimum absolute atomic E-state index is 0.0263. The maximum Gasteiger partial charge on any atom is 0.262 e. The highest BCUT2D eigenvalue weighted by atomic mass is 19.3.